The smallest absolute Gasteiger partial charge is 0.123 e. The Bertz CT molecular complexity index is 189. The largest absolute Gasteiger partial charge is 0.260 e. The molecule has 0 saturated heterocycles. The predicted molar refractivity (Wildman–Crippen MR) is 62.5 cm³/mol. The Labute approximate surface area is 95.1 Å². The highest BCUT2D eigenvalue weighted by atomic mass is 35.5. The van der Waals surface area contributed by atoms with Crippen molar-refractivity contribution >= 4 is 35.1 Å². The Morgan fingerprint density at radius 2 is 1.92 bits per heavy atom. The lowest BCUT2D eigenvalue weighted by molar-refractivity contribution is 0.598. The highest BCUT2D eigenvalue weighted by molar-refractivity contribution is 7.98. The minimum atomic E-state index is -0.467. The summed E-state index contributed by atoms with van der Waals surface area (Å²) in [5, 5.41) is 0. The fourth-order valence-electron chi connectivity index (χ4n) is 1.13. The van der Waals surface area contributed by atoms with Crippen molar-refractivity contribution in [2.75, 3.05) is 0 Å². The van der Waals surface area contributed by atoms with Gasteiger partial charge in [-0.15, -0.1) is 23.2 Å². The average molecular weight is 242 g/mol. The lowest BCUT2D eigenvalue weighted by Gasteiger charge is -2.21. The van der Waals surface area contributed by atoms with E-state index in [0.717, 1.165) is 6.42 Å². The summed E-state index contributed by atoms with van der Waals surface area (Å²) in [5.41, 5.74) is 0. The molecule has 1 aliphatic carbocycles. The first kappa shape index (κ1) is 12.0. The normalized spacial score (nSPS) is 28.6. The highest BCUT2D eigenvalue weighted by Gasteiger charge is 2.54. The molecule has 1 rings (SSSR count). The van der Waals surface area contributed by atoms with Gasteiger partial charge in [-0.3, -0.25) is 4.72 Å². The van der Waals surface area contributed by atoms with E-state index in [0.29, 0.717) is 12.0 Å². The third kappa shape index (κ3) is 3.86. The van der Waals surface area contributed by atoms with E-state index in [1.807, 2.05) is 0 Å². The molecular formula is C9H17Cl2NS. The van der Waals surface area contributed by atoms with Crippen LogP contribution in [0.25, 0.3) is 0 Å². The minimum absolute atomic E-state index is 0.241. The van der Waals surface area contributed by atoms with Gasteiger partial charge in [0.15, 0.2) is 0 Å². The summed E-state index contributed by atoms with van der Waals surface area (Å²) < 4.78 is 3.16. The standard InChI is InChI=1S/C9H17Cl2NS/c1-6(7-5-9(7,10)11)12-13-8(2,3)4/h6-7,12H,5H2,1-4H3/t6?,7-/m0/s1. The zero-order valence-corrected chi connectivity index (χ0v) is 10.9. The first-order chi connectivity index (χ1) is 5.72. The van der Waals surface area contributed by atoms with Crippen molar-refractivity contribution in [2.24, 2.45) is 5.92 Å². The summed E-state index contributed by atoms with van der Waals surface area (Å²) in [7, 11) is 0. The van der Waals surface area contributed by atoms with Gasteiger partial charge in [-0.1, -0.05) is 11.9 Å². The van der Waals surface area contributed by atoms with Crippen molar-refractivity contribution in [1.29, 1.82) is 0 Å². The lowest BCUT2D eigenvalue weighted by atomic mass is 10.2. The van der Waals surface area contributed by atoms with E-state index in [-0.39, 0.29) is 4.75 Å². The molecule has 0 amide bonds. The number of hydrogen-bond acceptors (Lipinski definition) is 2. The van der Waals surface area contributed by atoms with E-state index < -0.39 is 4.33 Å². The molecule has 0 aromatic carbocycles. The molecule has 0 heterocycles. The van der Waals surface area contributed by atoms with Crippen LogP contribution >= 0.6 is 35.1 Å². The Balaban J connectivity index is 2.24. The maximum Gasteiger partial charge on any atom is 0.123 e. The van der Waals surface area contributed by atoms with Crippen LogP contribution in [-0.2, 0) is 0 Å². The zero-order valence-electron chi connectivity index (χ0n) is 8.53. The van der Waals surface area contributed by atoms with Gasteiger partial charge in [-0.2, -0.15) is 0 Å². The number of hydrogen-bond donors (Lipinski definition) is 1. The Morgan fingerprint density at radius 3 is 2.23 bits per heavy atom. The first-order valence-corrected chi connectivity index (χ1v) is 6.11. The second-order valence-corrected chi connectivity index (χ2v) is 7.90. The molecule has 1 saturated carbocycles. The summed E-state index contributed by atoms with van der Waals surface area (Å²) >= 11 is 13.7. The fourth-order valence-corrected chi connectivity index (χ4v) is 2.54. The first-order valence-electron chi connectivity index (χ1n) is 4.54. The average Bonchev–Trinajstić information content (AvgIpc) is 2.53. The van der Waals surface area contributed by atoms with Crippen molar-refractivity contribution in [2.45, 2.75) is 49.2 Å². The third-order valence-corrected chi connectivity index (χ3v) is 4.00. The molecule has 13 heavy (non-hydrogen) atoms. The zero-order chi connectivity index (χ0) is 10.3. The van der Waals surface area contributed by atoms with Crippen molar-refractivity contribution in [1.82, 2.24) is 4.72 Å². The predicted octanol–water partition coefficient (Wildman–Crippen LogP) is 3.61. The van der Waals surface area contributed by atoms with Crippen molar-refractivity contribution in [3.8, 4) is 0 Å². The molecule has 0 bridgehead atoms. The van der Waals surface area contributed by atoms with E-state index in [1.54, 1.807) is 11.9 Å². The molecule has 0 radical (unpaired) electrons. The highest BCUT2D eigenvalue weighted by Crippen LogP contribution is 2.55. The molecule has 2 atom stereocenters. The molecule has 1 aliphatic rings. The van der Waals surface area contributed by atoms with Gasteiger partial charge in [-0.25, -0.2) is 0 Å². The summed E-state index contributed by atoms with van der Waals surface area (Å²) in [6.07, 6.45) is 0.912. The van der Waals surface area contributed by atoms with E-state index in [9.17, 15) is 0 Å². The number of nitrogens with one attached hydrogen (secondary N) is 1. The monoisotopic (exact) mass is 241 g/mol. The Morgan fingerprint density at radius 1 is 1.46 bits per heavy atom. The van der Waals surface area contributed by atoms with Crippen LogP contribution in [0.3, 0.4) is 0 Å². The SMILES string of the molecule is CC(NSC(C)(C)C)[C@@H]1CC1(Cl)Cl. The quantitative estimate of drug-likeness (QED) is 0.599. The van der Waals surface area contributed by atoms with Gasteiger partial charge in [0.25, 0.3) is 0 Å². The molecule has 0 aromatic rings. The second kappa shape index (κ2) is 3.80. The Kier molecular flexibility index (Phi) is 3.50. The summed E-state index contributed by atoms with van der Waals surface area (Å²) in [4.78, 5) is 0. The molecular weight excluding hydrogens is 225 g/mol. The van der Waals surface area contributed by atoms with Crippen LogP contribution in [0.4, 0.5) is 0 Å². The molecule has 4 heteroatoms. The van der Waals surface area contributed by atoms with Gasteiger partial charge < -0.3 is 0 Å². The fraction of sp³-hybridized carbons (Fsp3) is 1.00. The van der Waals surface area contributed by atoms with Crippen LogP contribution in [0.2, 0.25) is 0 Å². The van der Waals surface area contributed by atoms with Crippen molar-refractivity contribution in [3.05, 3.63) is 0 Å². The number of rotatable bonds is 3. The van der Waals surface area contributed by atoms with E-state index in [2.05, 4.69) is 32.4 Å². The lowest BCUT2D eigenvalue weighted by Crippen LogP contribution is -2.28. The topological polar surface area (TPSA) is 12.0 Å². The van der Waals surface area contributed by atoms with Crippen LogP contribution in [0.15, 0.2) is 0 Å². The van der Waals surface area contributed by atoms with Crippen molar-refractivity contribution < 1.29 is 0 Å². The van der Waals surface area contributed by atoms with E-state index in [1.165, 1.54) is 0 Å². The Hall–Kier alpha value is 0.890. The van der Waals surface area contributed by atoms with E-state index >= 15 is 0 Å². The van der Waals surface area contributed by atoms with Crippen LogP contribution in [0.1, 0.15) is 34.1 Å². The van der Waals surface area contributed by atoms with Gasteiger partial charge in [0.2, 0.25) is 0 Å². The third-order valence-electron chi connectivity index (χ3n) is 2.03. The van der Waals surface area contributed by atoms with Crippen LogP contribution in [0.5, 0.6) is 0 Å². The van der Waals surface area contributed by atoms with Gasteiger partial charge in [0.05, 0.1) is 0 Å². The van der Waals surface area contributed by atoms with Gasteiger partial charge in [-0.05, 0) is 34.1 Å². The minimum Gasteiger partial charge on any atom is -0.260 e. The van der Waals surface area contributed by atoms with Gasteiger partial charge in [0.1, 0.15) is 4.33 Å². The van der Waals surface area contributed by atoms with Gasteiger partial charge >= 0.3 is 0 Å². The van der Waals surface area contributed by atoms with E-state index in [4.69, 9.17) is 23.2 Å². The van der Waals surface area contributed by atoms with Crippen LogP contribution < -0.4 is 4.72 Å². The molecule has 1 nitrogen and oxygen atoms in total. The number of halogens is 2. The molecule has 1 unspecified atom stereocenters. The summed E-state index contributed by atoms with van der Waals surface area (Å²) in [5.74, 6) is 0.408. The van der Waals surface area contributed by atoms with Gasteiger partial charge in [0, 0.05) is 16.7 Å². The molecule has 1 fully saturated rings. The number of alkyl halides is 2. The van der Waals surface area contributed by atoms with Crippen molar-refractivity contribution in [3.63, 3.8) is 0 Å². The summed E-state index contributed by atoms with van der Waals surface area (Å²) in [6, 6.07) is 0.388. The molecule has 0 aromatic heterocycles. The molecule has 1 N–H and O–H groups in total. The summed E-state index contributed by atoms with van der Waals surface area (Å²) in [6.45, 7) is 8.67. The maximum absolute atomic E-state index is 5.97. The van der Waals surface area contributed by atoms with Crippen LogP contribution in [0, 0.1) is 5.92 Å². The van der Waals surface area contributed by atoms with Crippen LogP contribution in [-0.4, -0.2) is 15.1 Å². The molecule has 0 aliphatic heterocycles. The molecule has 78 valence electrons. The second-order valence-electron chi connectivity index (χ2n) is 4.69. The maximum atomic E-state index is 5.97. The molecule has 0 spiro atoms.